The van der Waals surface area contributed by atoms with Gasteiger partial charge in [-0.3, -0.25) is 9.69 Å². The molecule has 0 aliphatic carbocycles. The van der Waals surface area contributed by atoms with Gasteiger partial charge in [-0.05, 0) is 20.8 Å². The molecule has 21 heavy (non-hydrogen) atoms. The Balaban J connectivity index is 2.33. The van der Waals surface area contributed by atoms with Gasteiger partial charge in [0.05, 0.1) is 17.9 Å². The van der Waals surface area contributed by atoms with E-state index in [2.05, 4.69) is 11.5 Å². The molecule has 0 amide bonds. The predicted molar refractivity (Wildman–Crippen MR) is 82.6 cm³/mol. The van der Waals surface area contributed by atoms with Gasteiger partial charge < -0.3 is 14.4 Å². The van der Waals surface area contributed by atoms with E-state index in [0.717, 1.165) is 18.8 Å². The second-order valence-electron chi connectivity index (χ2n) is 5.80. The number of allylic oxidation sites excluding steroid dienone is 1. The van der Waals surface area contributed by atoms with Gasteiger partial charge >= 0.3 is 0 Å². The van der Waals surface area contributed by atoms with E-state index < -0.39 is 0 Å². The van der Waals surface area contributed by atoms with Crippen LogP contribution in [0, 0.1) is 6.92 Å². The zero-order chi connectivity index (χ0) is 15.6. The van der Waals surface area contributed by atoms with E-state index in [9.17, 15) is 9.90 Å². The summed E-state index contributed by atoms with van der Waals surface area (Å²) in [6.07, 6.45) is 2.07. The first kappa shape index (κ1) is 15.8. The second-order valence-corrected chi connectivity index (χ2v) is 5.80. The summed E-state index contributed by atoms with van der Waals surface area (Å²) < 4.78 is 7.66. The van der Waals surface area contributed by atoms with Gasteiger partial charge in [-0.25, -0.2) is 0 Å². The summed E-state index contributed by atoms with van der Waals surface area (Å²) in [5.41, 5.74) is 1.17. The number of hydrogen-bond donors (Lipinski definition) is 1. The summed E-state index contributed by atoms with van der Waals surface area (Å²) in [5, 5.41) is 10.2. The van der Waals surface area contributed by atoms with E-state index in [1.807, 2.05) is 25.3 Å². The molecule has 1 aliphatic rings. The van der Waals surface area contributed by atoms with Crippen LogP contribution in [0.15, 0.2) is 23.5 Å². The van der Waals surface area contributed by atoms with Crippen LogP contribution in [0.3, 0.4) is 0 Å². The zero-order valence-corrected chi connectivity index (χ0v) is 13.0. The van der Waals surface area contributed by atoms with Gasteiger partial charge in [0.1, 0.15) is 0 Å². The first-order valence-electron chi connectivity index (χ1n) is 7.33. The first-order valence-corrected chi connectivity index (χ1v) is 7.33. The maximum atomic E-state index is 11.9. The van der Waals surface area contributed by atoms with Gasteiger partial charge in [0.2, 0.25) is 5.43 Å². The van der Waals surface area contributed by atoms with Crippen molar-refractivity contribution >= 4 is 0 Å². The number of aryl methyl sites for hydroxylation is 1. The molecule has 0 radical (unpaired) electrons. The van der Waals surface area contributed by atoms with E-state index >= 15 is 0 Å². The summed E-state index contributed by atoms with van der Waals surface area (Å²) in [5.74, 6) is -0.158. The fraction of sp³-hybridized carbons (Fsp3) is 0.562. The fourth-order valence-corrected chi connectivity index (χ4v) is 2.99. The quantitative estimate of drug-likeness (QED) is 0.858. The van der Waals surface area contributed by atoms with Crippen molar-refractivity contribution in [1.29, 1.82) is 0 Å². The standard InChI is InChI=1S/C16H24N2O3/c1-5-6-18-11(2)7-15(19)16(20)14(18)10-17-8-12(3)21-13(4)9-17/h5,7,12-13,20H,1,6,8-10H2,2-4H3. The third-order valence-electron chi connectivity index (χ3n) is 3.78. The van der Waals surface area contributed by atoms with Crippen molar-refractivity contribution in [1.82, 2.24) is 9.47 Å². The van der Waals surface area contributed by atoms with E-state index in [-0.39, 0.29) is 23.4 Å². The molecule has 0 bridgehead atoms. The van der Waals surface area contributed by atoms with Crippen LogP contribution in [-0.4, -0.2) is 39.9 Å². The van der Waals surface area contributed by atoms with Crippen molar-refractivity contribution in [3.8, 4) is 5.75 Å². The van der Waals surface area contributed by atoms with Crippen LogP contribution in [0.2, 0.25) is 0 Å². The molecule has 5 heteroatoms. The molecule has 0 spiro atoms. The number of morpholine rings is 1. The summed E-state index contributed by atoms with van der Waals surface area (Å²) in [6.45, 7) is 12.4. The molecule has 1 fully saturated rings. The zero-order valence-electron chi connectivity index (χ0n) is 13.0. The SMILES string of the molecule is C=CCn1c(C)cc(=O)c(O)c1CN1CC(C)OC(C)C1. The number of pyridine rings is 1. The molecule has 5 nitrogen and oxygen atoms in total. The van der Waals surface area contributed by atoms with E-state index in [1.165, 1.54) is 6.07 Å². The highest BCUT2D eigenvalue weighted by atomic mass is 16.5. The molecule has 0 aromatic carbocycles. The molecule has 1 saturated heterocycles. The Morgan fingerprint density at radius 1 is 1.43 bits per heavy atom. The summed E-state index contributed by atoms with van der Waals surface area (Å²) in [7, 11) is 0. The number of nitrogens with zero attached hydrogens (tertiary/aromatic N) is 2. The fourth-order valence-electron chi connectivity index (χ4n) is 2.99. The predicted octanol–water partition coefficient (Wildman–Crippen LogP) is 1.66. The lowest BCUT2D eigenvalue weighted by atomic mass is 10.2. The maximum absolute atomic E-state index is 11.9. The summed E-state index contributed by atoms with van der Waals surface area (Å²) >= 11 is 0. The molecule has 2 atom stereocenters. The summed E-state index contributed by atoms with van der Waals surface area (Å²) in [6, 6.07) is 1.47. The average Bonchev–Trinajstić information content (AvgIpc) is 2.39. The van der Waals surface area contributed by atoms with Gasteiger partial charge in [-0.15, -0.1) is 6.58 Å². The van der Waals surface area contributed by atoms with Gasteiger partial charge in [0.25, 0.3) is 0 Å². The lowest BCUT2D eigenvalue weighted by molar-refractivity contribution is -0.0711. The van der Waals surface area contributed by atoms with Crippen LogP contribution in [-0.2, 0) is 17.8 Å². The van der Waals surface area contributed by atoms with Crippen LogP contribution in [0.25, 0.3) is 0 Å². The molecular weight excluding hydrogens is 268 g/mol. The number of ether oxygens (including phenoxy) is 1. The van der Waals surface area contributed by atoms with Crippen LogP contribution >= 0.6 is 0 Å². The van der Waals surface area contributed by atoms with Gasteiger partial charge in [0, 0.05) is 37.9 Å². The van der Waals surface area contributed by atoms with Crippen molar-refractivity contribution in [2.45, 2.75) is 46.1 Å². The van der Waals surface area contributed by atoms with Crippen molar-refractivity contribution in [3.63, 3.8) is 0 Å². The highest BCUT2D eigenvalue weighted by Gasteiger charge is 2.24. The Hall–Kier alpha value is -1.59. The van der Waals surface area contributed by atoms with Crippen LogP contribution < -0.4 is 5.43 Å². The van der Waals surface area contributed by atoms with Gasteiger partial charge in [0.15, 0.2) is 5.75 Å². The largest absolute Gasteiger partial charge is 0.503 e. The number of rotatable bonds is 4. The van der Waals surface area contributed by atoms with Crippen LogP contribution in [0.4, 0.5) is 0 Å². The third-order valence-corrected chi connectivity index (χ3v) is 3.78. The molecule has 2 heterocycles. The highest BCUT2D eigenvalue weighted by molar-refractivity contribution is 5.30. The molecule has 0 saturated carbocycles. The maximum Gasteiger partial charge on any atom is 0.223 e. The molecule has 1 N–H and O–H groups in total. The topological polar surface area (TPSA) is 54.7 Å². The van der Waals surface area contributed by atoms with Gasteiger partial charge in [-0.1, -0.05) is 6.08 Å². The minimum atomic E-state index is -0.322. The Bertz CT molecular complexity index is 570. The lowest BCUT2D eigenvalue weighted by Gasteiger charge is -2.35. The highest BCUT2D eigenvalue weighted by Crippen LogP contribution is 2.20. The molecule has 2 unspecified atom stereocenters. The monoisotopic (exact) mass is 292 g/mol. The second kappa shape index (κ2) is 6.45. The van der Waals surface area contributed by atoms with E-state index in [0.29, 0.717) is 18.8 Å². The van der Waals surface area contributed by atoms with Crippen LogP contribution in [0.5, 0.6) is 5.75 Å². The van der Waals surface area contributed by atoms with E-state index in [4.69, 9.17) is 4.74 Å². The Morgan fingerprint density at radius 3 is 2.62 bits per heavy atom. The van der Waals surface area contributed by atoms with Crippen LogP contribution in [0.1, 0.15) is 25.2 Å². The smallest absolute Gasteiger partial charge is 0.223 e. The Kier molecular flexibility index (Phi) is 4.85. The van der Waals surface area contributed by atoms with Gasteiger partial charge in [-0.2, -0.15) is 0 Å². The average molecular weight is 292 g/mol. The third kappa shape index (κ3) is 3.54. The molecule has 2 rings (SSSR count). The number of aromatic nitrogens is 1. The normalized spacial score (nSPS) is 23.2. The number of hydrogen-bond acceptors (Lipinski definition) is 4. The van der Waals surface area contributed by atoms with Crippen molar-refractivity contribution < 1.29 is 9.84 Å². The first-order chi connectivity index (χ1) is 9.92. The van der Waals surface area contributed by atoms with Crippen molar-refractivity contribution in [2.24, 2.45) is 0 Å². The minimum absolute atomic E-state index is 0.153. The Morgan fingerprint density at radius 2 is 2.05 bits per heavy atom. The van der Waals surface area contributed by atoms with Crippen molar-refractivity contribution in [2.75, 3.05) is 13.1 Å². The minimum Gasteiger partial charge on any atom is -0.503 e. The summed E-state index contributed by atoms with van der Waals surface area (Å²) in [4.78, 5) is 14.1. The molecular formula is C16H24N2O3. The molecule has 1 aromatic heterocycles. The molecule has 1 aromatic rings. The number of aromatic hydroxyl groups is 1. The van der Waals surface area contributed by atoms with Crippen molar-refractivity contribution in [3.05, 3.63) is 40.3 Å². The lowest BCUT2D eigenvalue weighted by Crippen LogP contribution is -2.45. The Labute approximate surface area is 125 Å². The van der Waals surface area contributed by atoms with E-state index in [1.54, 1.807) is 6.08 Å². The molecule has 116 valence electrons. The molecule has 1 aliphatic heterocycles.